The lowest BCUT2D eigenvalue weighted by atomic mass is 9.70. The molecular weight excluding hydrogens is 569 g/mol. The number of aliphatic hydroxyl groups is 1. The summed E-state index contributed by atoms with van der Waals surface area (Å²) in [4.78, 5) is 0. The van der Waals surface area contributed by atoms with Crippen molar-refractivity contribution in [2.24, 2.45) is 5.41 Å². The fourth-order valence-corrected chi connectivity index (χ4v) is 8.77. The van der Waals surface area contributed by atoms with Crippen molar-refractivity contribution < 1.29 is 5.11 Å². The summed E-state index contributed by atoms with van der Waals surface area (Å²) in [5, 5.41) is 8.91. The number of hydrogen-bond donors (Lipinski definition) is 1. The van der Waals surface area contributed by atoms with Gasteiger partial charge in [0, 0.05) is 6.61 Å². The summed E-state index contributed by atoms with van der Waals surface area (Å²) in [7, 11) is 0. The molecule has 0 atom stereocenters. The van der Waals surface area contributed by atoms with Crippen LogP contribution in [0.15, 0.2) is 0 Å². The zero-order valence-electron chi connectivity index (χ0n) is 33.1. The van der Waals surface area contributed by atoms with Crippen molar-refractivity contribution >= 4 is 0 Å². The van der Waals surface area contributed by atoms with Crippen LogP contribution in [0.1, 0.15) is 283 Å². The number of rotatable bonds is 32. The van der Waals surface area contributed by atoms with Gasteiger partial charge in [-0.2, -0.15) is 0 Å². The minimum atomic E-state index is 0.376. The second-order valence-electron chi connectivity index (χ2n) is 16.7. The van der Waals surface area contributed by atoms with E-state index in [1.165, 1.54) is 244 Å². The average Bonchev–Trinajstić information content (AvgIpc) is 3.10. The van der Waals surface area contributed by atoms with Gasteiger partial charge < -0.3 is 5.11 Å². The highest BCUT2D eigenvalue weighted by atomic mass is 16.2. The Morgan fingerprint density at radius 3 is 0.809 bits per heavy atom. The molecule has 0 aromatic heterocycles. The number of aliphatic hydroxyl groups excluding tert-OH is 1. The first kappa shape index (κ1) is 45.0. The summed E-state index contributed by atoms with van der Waals surface area (Å²) >= 11 is 0. The summed E-state index contributed by atoms with van der Waals surface area (Å²) < 4.78 is 0. The van der Waals surface area contributed by atoms with Gasteiger partial charge in [0.2, 0.25) is 0 Å². The second kappa shape index (κ2) is 37.2. The maximum Gasteiger partial charge on any atom is 0.0431 e. The summed E-state index contributed by atoms with van der Waals surface area (Å²) in [6.45, 7) is 2.69. The van der Waals surface area contributed by atoms with Crippen LogP contribution >= 0.6 is 0 Å². The van der Waals surface area contributed by atoms with Crippen LogP contribution in [0, 0.1) is 5.41 Å². The third-order valence-electron chi connectivity index (χ3n) is 12.1. The molecule has 0 aromatic rings. The normalized spacial score (nSPS) is 16.5. The summed E-state index contributed by atoms with van der Waals surface area (Å²) in [5.74, 6) is 0. The van der Waals surface area contributed by atoms with Gasteiger partial charge in [-0.05, 0) is 37.5 Å². The molecule has 1 heteroatoms. The zero-order chi connectivity index (χ0) is 33.6. The second-order valence-corrected chi connectivity index (χ2v) is 16.7. The van der Waals surface area contributed by atoms with Crippen molar-refractivity contribution in [2.75, 3.05) is 6.61 Å². The van der Waals surface area contributed by atoms with Crippen LogP contribution in [0.5, 0.6) is 0 Å². The first-order valence-electron chi connectivity index (χ1n) is 22.9. The zero-order valence-corrected chi connectivity index (χ0v) is 33.1. The highest BCUT2D eigenvalue weighted by Gasteiger charge is 2.28. The SMILES string of the molecule is CCCCCCCCCCCCCCCCCCC1(CCCCCCCCCCCCCCCO)CCCCCCCCCCCC1. The monoisotopic (exact) mass is 661 g/mol. The molecule has 1 saturated carbocycles. The summed E-state index contributed by atoms with van der Waals surface area (Å²) in [6.07, 6.45) is 63.0. The van der Waals surface area contributed by atoms with Crippen molar-refractivity contribution in [3.05, 3.63) is 0 Å². The first-order valence-corrected chi connectivity index (χ1v) is 22.9. The average molecular weight is 661 g/mol. The van der Waals surface area contributed by atoms with Crippen molar-refractivity contribution in [3.63, 3.8) is 0 Å². The van der Waals surface area contributed by atoms with E-state index in [2.05, 4.69) is 6.92 Å². The Labute approximate surface area is 299 Å². The van der Waals surface area contributed by atoms with Crippen molar-refractivity contribution in [1.82, 2.24) is 0 Å². The molecule has 0 heterocycles. The molecule has 1 aliphatic carbocycles. The molecule has 0 aromatic carbocycles. The molecule has 1 fully saturated rings. The van der Waals surface area contributed by atoms with E-state index in [-0.39, 0.29) is 0 Å². The van der Waals surface area contributed by atoms with E-state index in [1.54, 1.807) is 25.7 Å². The van der Waals surface area contributed by atoms with Gasteiger partial charge in [-0.25, -0.2) is 0 Å². The quantitative estimate of drug-likeness (QED) is 0.0712. The molecule has 0 amide bonds. The lowest BCUT2D eigenvalue weighted by molar-refractivity contribution is 0.172. The van der Waals surface area contributed by atoms with Gasteiger partial charge >= 0.3 is 0 Å². The van der Waals surface area contributed by atoms with Crippen molar-refractivity contribution in [3.8, 4) is 0 Å². The Morgan fingerprint density at radius 1 is 0.298 bits per heavy atom. The number of unbranched alkanes of at least 4 members (excludes halogenated alkanes) is 27. The molecule has 47 heavy (non-hydrogen) atoms. The number of hydrogen-bond acceptors (Lipinski definition) is 1. The molecule has 0 radical (unpaired) electrons. The van der Waals surface area contributed by atoms with E-state index in [0.29, 0.717) is 12.0 Å². The van der Waals surface area contributed by atoms with E-state index in [4.69, 9.17) is 5.11 Å². The Bertz CT molecular complexity index is 555. The smallest absolute Gasteiger partial charge is 0.0431 e. The van der Waals surface area contributed by atoms with E-state index >= 15 is 0 Å². The third-order valence-corrected chi connectivity index (χ3v) is 12.1. The minimum Gasteiger partial charge on any atom is -0.396 e. The maximum absolute atomic E-state index is 8.91. The fourth-order valence-electron chi connectivity index (χ4n) is 8.77. The predicted molar refractivity (Wildman–Crippen MR) is 214 cm³/mol. The van der Waals surface area contributed by atoms with E-state index in [9.17, 15) is 0 Å². The lowest BCUT2D eigenvalue weighted by Crippen LogP contribution is -2.21. The maximum atomic E-state index is 8.91. The van der Waals surface area contributed by atoms with Gasteiger partial charge in [-0.1, -0.05) is 251 Å². The molecule has 1 aliphatic rings. The van der Waals surface area contributed by atoms with Gasteiger partial charge in [0.25, 0.3) is 0 Å². The Balaban J connectivity index is 2.24. The molecular formula is C46H92O. The van der Waals surface area contributed by atoms with Crippen LogP contribution < -0.4 is 0 Å². The molecule has 0 unspecified atom stereocenters. The van der Waals surface area contributed by atoms with Crippen LogP contribution in [0.25, 0.3) is 0 Å². The fraction of sp³-hybridized carbons (Fsp3) is 1.00. The Morgan fingerprint density at radius 2 is 0.532 bits per heavy atom. The van der Waals surface area contributed by atoms with Crippen LogP contribution in [0.3, 0.4) is 0 Å². The Kier molecular flexibility index (Phi) is 35.6. The lowest BCUT2D eigenvalue weighted by Gasteiger charge is -2.35. The summed E-state index contributed by atoms with van der Waals surface area (Å²) in [5.41, 5.74) is 0.682. The van der Waals surface area contributed by atoms with Gasteiger partial charge in [0.1, 0.15) is 0 Å². The van der Waals surface area contributed by atoms with Crippen LogP contribution in [-0.4, -0.2) is 11.7 Å². The van der Waals surface area contributed by atoms with Crippen molar-refractivity contribution in [1.29, 1.82) is 0 Å². The summed E-state index contributed by atoms with van der Waals surface area (Å²) in [6, 6.07) is 0. The predicted octanol–water partition coefficient (Wildman–Crippen LogP) is 16.8. The van der Waals surface area contributed by atoms with Crippen molar-refractivity contribution in [2.45, 2.75) is 283 Å². The van der Waals surface area contributed by atoms with Crippen LogP contribution in [0.4, 0.5) is 0 Å². The topological polar surface area (TPSA) is 20.2 Å². The van der Waals surface area contributed by atoms with E-state index < -0.39 is 0 Å². The molecule has 1 nitrogen and oxygen atoms in total. The molecule has 0 spiro atoms. The van der Waals surface area contributed by atoms with E-state index in [1.807, 2.05) is 0 Å². The van der Waals surface area contributed by atoms with Gasteiger partial charge in [-0.15, -0.1) is 0 Å². The molecule has 0 aliphatic heterocycles. The third kappa shape index (κ3) is 31.7. The minimum absolute atomic E-state index is 0.376. The van der Waals surface area contributed by atoms with Crippen LogP contribution in [-0.2, 0) is 0 Å². The molecule has 1 rings (SSSR count). The molecule has 0 bridgehead atoms. The Hall–Kier alpha value is -0.0400. The molecule has 1 N–H and O–H groups in total. The standard InChI is InChI=1S/C46H92O/c1-2-3-4-5-6-7-8-9-10-11-13-16-21-26-31-36-41-46(43-38-33-28-23-18-19-24-29-34-39-44-46)42-37-32-27-22-17-14-12-15-20-25-30-35-40-45-47/h47H,2-45H2,1H3. The van der Waals surface area contributed by atoms with Gasteiger partial charge in [-0.3, -0.25) is 0 Å². The highest BCUT2D eigenvalue weighted by Crippen LogP contribution is 2.42. The first-order chi connectivity index (χ1) is 23.3. The highest BCUT2D eigenvalue weighted by molar-refractivity contribution is 4.80. The van der Waals surface area contributed by atoms with Gasteiger partial charge in [0.15, 0.2) is 0 Å². The van der Waals surface area contributed by atoms with Crippen LogP contribution in [0.2, 0.25) is 0 Å². The van der Waals surface area contributed by atoms with Gasteiger partial charge in [0.05, 0.1) is 0 Å². The molecule has 282 valence electrons. The molecule has 0 saturated heterocycles. The largest absolute Gasteiger partial charge is 0.396 e. The van der Waals surface area contributed by atoms with E-state index in [0.717, 1.165) is 6.42 Å².